The van der Waals surface area contributed by atoms with Crippen LogP contribution in [0.25, 0.3) is 0 Å². The third-order valence-corrected chi connectivity index (χ3v) is 5.70. The Morgan fingerprint density at radius 1 is 1.21 bits per heavy atom. The summed E-state index contributed by atoms with van der Waals surface area (Å²) in [5.41, 5.74) is 0. The third kappa shape index (κ3) is 2.67. The van der Waals surface area contributed by atoms with Crippen molar-refractivity contribution in [2.24, 2.45) is 23.7 Å². The van der Waals surface area contributed by atoms with E-state index < -0.39 is 0 Å². The molecule has 3 rings (SSSR count). The van der Waals surface area contributed by atoms with Gasteiger partial charge in [0.15, 0.2) is 0 Å². The maximum atomic E-state index is 11.3. The Hall–Kier alpha value is -0.570. The molecule has 3 aliphatic rings. The van der Waals surface area contributed by atoms with Gasteiger partial charge in [0.1, 0.15) is 0 Å². The molecule has 3 aliphatic carbocycles. The molecule has 0 radical (unpaired) electrons. The van der Waals surface area contributed by atoms with E-state index in [0.29, 0.717) is 13.0 Å². The summed E-state index contributed by atoms with van der Waals surface area (Å²) >= 11 is 0. The molecule has 3 heteroatoms. The Kier molecular flexibility index (Phi) is 4.11. The highest BCUT2D eigenvalue weighted by atomic mass is 16.5. The van der Waals surface area contributed by atoms with Gasteiger partial charge in [-0.2, -0.15) is 0 Å². The van der Waals surface area contributed by atoms with Crippen LogP contribution in [-0.4, -0.2) is 25.2 Å². The molecule has 2 bridgehead atoms. The molecule has 108 valence electrons. The van der Waals surface area contributed by atoms with Crippen LogP contribution in [0.5, 0.6) is 0 Å². The largest absolute Gasteiger partial charge is 0.466 e. The normalized spacial score (nSPS) is 39.5. The Morgan fingerprint density at radius 2 is 2.05 bits per heavy atom. The maximum absolute atomic E-state index is 11.3. The predicted octanol–water partition coefficient (Wildman–Crippen LogP) is 2.74. The van der Waals surface area contributed by atoms with Crippen LogP contribution in [0.1, 0.15) is 51.9 Å². The number of rotatable bonds is 6. The first kappa shape index (κ1) is 13.4. The lowest BCUT2D eigenvalue weighted by atomic mass is 9.79. The molecule has 0 saturated heterocycles. The molecule has 5 atom stereocenters. The molecule has 1 N–H and O–H groups in total. The topological polar surface area (TPSA) is 38.3 Å². The van der Waals surface area contributed by atoms with Crippen molar-refractivity contribution < 1.29 is 9.53 Å². The fourth-order valence-corrected chi connectivity index (χ4v) is 5.06. The molecule has 0 aliphatic heterocycles. The first-order valence-corrected chi connectivity index (χ1v) is 8.18. The van der Waals surface area contributed by atoms with Crippen LogP contribution < -0.4 is 5.32 Å². The number of carbonyl (C=O) groups excluding carboxylic acids is 1. The second kappa shape index (κ2) is 5.82. The fraction of sp³-hybridized carbons (Fsp3) is 0.938. The van der Waals surface area contributed by atoms with Crippen LogP contribution in [0.2, 0.25) is 0 Å². The lowest BCUT2D eigenvalue weighted by Crippen LogP contribution is -2.39. The average Bonchev–Trinajstić information content (AvgIpc) is 3.06. The smallest absolute Gasteiger partial charge is 0.305 e. The van der Waals surface area contributed by atoms with Gasteiger partial charge in [0.05, 0.1) is 6.61 Å². The molecule has 0 aromatic carbocycles. The maximum Gasteiger partial charge on any atom is 0.305 e. The van der Waals surface area contributed by atoms with E-state index in [2.05, 4.69) is 5.32 Å². The molecule has 0 spiro atoms. The van der Waals surface area contributed by atoms with Gasteiger partial charge in [-0.3, -0.25) is 4.79 Å². The van der Waals surface area contributed by atoms with E-state index in [9.17, 15) is 4.79 Å². The van der Waals surface area contributed by atoms with Gasteiger partial charge in [0, 0.05) is 12.5 Å². The SMILES string of the molecule is CCOC(=O)CCCNC1CC2CC1C1CCCC21. The summed E-state index contributed by atoms with van der Waals surface area (Å²) in [5, 5.41) is 3.72. The van der Waals surface area contributed by atoms with Gasteiger partial charge < -0.3 is 10.1 Å². The van der Waals surface area contributed by atoms with E-state index in [1.54, 1.807) is 0 Å². The minimum Gasteiger partial charge on any atom is -0.466 e. The van der Waals surface area contributed by atoms with Crippen molar-refractivity contribution >= 4 is 5.97 Å². The summed E-state index contributed by atoms with van der Waals surface area (Å²) < 4.78 is 4.95. The molecule has 19 heavy (non-hydrogen) atoms. The van der Waals surface area contributed by atoms with Crippen LogP contribution in [0.15, 0.2) is 0 Å². The van der Waals surface area contributed by atoms with Crippen molar-refractivity contribution in [3.05, 3.63) is 0 Å². The Bertz CT molecular complexity index is 331. The monoisotopic (exact) mass is 265 g/mol. The molecular weight excluding hydrogens is 238 g/mol. The van der Waals surface area contributed by atoms with Gasteiger partial charge in [-0.15, -0.1) is 0 Å². The van der Waals surface area contributed by atoms with Crippen LogP contribution in [0.3, 0.4) is 0 Å². The van der Waals surface area contributed by atoms with E-state index in [1.165, 1.54) is 32.1 Å². The summed E-state index contributed by atoms with van der Waals surface area (Å²) in [6.07, 6.45) is 8.80. The minimum absolute atomic E-state index is 0.0481. The van der Waals surface area contributed by atoms with E-state index in [0.717, 1.165) is 42.7 Å². The first-order valence-electron chi connectivity index (χ1n) is 8.18. The van der Waals surface area contributed by atoms with Gasteiger partial charge in [0.2, 0.25) is 0 Å². The molecule has 3 fully saturated rings. The van der Waals surface area contributed by atoms with Crippen molar-refractivity contribution in [1.29, 1.82) is 0 Å². The lowest BCUT2D eigenvalue weighted by molar-refractivity contribution is -0.143. The highest BCUT2D eigenvalue weighted by Gasteiger charge is 2.53. The van der Waals surface area contributed by atoms with Crippen LogP contribution in [-0.2, 0) is 9.53 Å². The van der Waals surface area contributed by atoms with Crippen molar-refractivity contribution in [2.45, 2.75) is 57.9 Å². The molecular formula is C16H27NO2. The minimum atomic E-state index is -0.0481. The molecule has 0 aromatic rings. The zero-order valence-electron chi connectivity index (χ0n) is 12.1. The number of esters is 1. The van der Waals surface area contributed by atoms with Gasteiger partial charge in [0.25, 0.3) is 0 Å². The van der Waals surface area contributed by atoms with Gasteiger partial charge in [-0.05, 0) is 69.2 Å². The van der Waals surface area contributed by atoms with E-state index in [4.69, 9.17) is 4.74 Å². The number of nitrogens with one attached hydrogen (secondary N) is 1. The second-order valence-corrected chi connectivity index (χ2v) is 6.62. The lowest BCUT2D eigenvalue weighted by Gasteiger charge is -2.32. The molecule has 0 amide bonds. The second-order valence-electron chi connectivity index (χ2n) is 6.62. The summed E-state index contributed by atoms with van der Waals surface area (Å²) in [6, 6.07) is 0.742. The van der Waals surface area contributed by atoms with Gasteiger partial charge >= 0.3 is 5.97 Å². The average molecular weight is 265 g/mol. The molecule has 3 saturated carbocycles. The van der Waals surface area contributed by atoms with E-state index in [-0.39, 0.29) is 5.97 Å². The summed E-state index contributed by atoms with van der Waals surface area (Å²) in [7, 11) is 0. The van der Waals surface area contributed by atoms with Crippen LogP contribution in [0.4, 0.5) is 0 Å². The molecule has 5 unspecified atom stereocenters. The number of fused-ring (bicyclic) bond motifs is 5. The first-order chi connectivity index (χ1) is 9.29. The van der Waals surface area contributed by atoms with Crippen molar-refractivity contribution in [3.63, 3.8) is 0 Å². The molecule has 0 aromatic heterocycles. The van der Waals surface area contributed by atoms with Crippen molar-refractivity contribution in [3.8, 4) is 0 Å². The summed E-state index contributed by atoms with van der Waals surface area (Å²) in [5.74, 6) is 4.01. The van der Waals surface area contributed by atoms with Gasteiger partial charge in [-0.1, -0.05) is 6.42 Å². The summed E-state index contributed by atoms with van der Waals surface area (Å²) in [4.78, 5) is 11.3. The van der Waals surface area contributed by atoms with Gasteiger partial charge in [-0.25, -0.2) is 0 Å². The van der Waals surface area contributed by atoms with Crippen LogP contribution >= 0.6 is 0 Å². The van der Waals surface area contributed by atoms with Crippen molar-refractivity contribution in [1.82, 2.24) is 5.32 Å². The molecule has 0 heterocycles. The number of carbonyl (C=O) groups is 1. The Labute approximate surface area is 116 Å². The zero-order valence-corrected chi connectivity index (χ0v) is 12.1. The number of hydrogen-bond donors (Lipinski definition) is 1. The predicted molar refractivity (Wildman–Crippen MR) is 74.7 cm³/mol. The van der Waals surface area contributed by atoms with Crippen molar-refractivity contribution in [2.75, 3.05) is 13.2 Å². The summed E-state index contributed by atoms with van der Waals surface area (Å²) in [6.45, 7) is 3.34. The Morgan fingerprint density at radius 3 is 2.89 bits per heavy atom. The third-order valence-electron chi connectivity index (χ3n) is 5.70. The van der Waals surface area contributed by atoms with E-state index >= 15 is 0 Å². The highest BCUT2D eigenvalue weighted by Crippen LogP contribution is 2.58. The number of hydrogen-bond acceptors (Lipinski definition) is 3. The highest BCUT2D eigenvalue weighted by molar-refractivity contribution is 5.69. The fourth-order valence-electron chi connectivity index (χ4n) is 5.06. The Balaban J connectivity index is 1.37. The zero-order chi connectivity index (χ0) is 13.2. The van der Waals surface area contributed by atoms with E-state index in [1.807, 2.05) is 6.92 Å². The number of ether oxygens (including phenoxy) is 1. The standard InChI is InChI=1S/C16H27NO2/c1-2-19-16(18)7-4-8-17-15-10-11-9-14(15)13-6-3-5-12(11)13/h11-15,17H,2-10H2,1H3. The quantitative estimate of drug-likeness (QED) is 0.593. The molecule has 3 nitrogen and oxygen atoms in total. The van der Waals surface area contributed by atoms with Crippen LogP contribution in [0, 0.1) is 23.7 Å².